The molecule has 0 heterocycles. The van der Waals surface area contributed by atoms with Crippen LogP contribution in [0.15, 0.2) is 58.7 Å². The van der Waals surface area contributed by atoms with Crippen LogP contribution in [-0.4, -0.2) is 11.7 Å². The van der Waals surface area contributed by atoms with Gasteiger partial charge in [-0.1, -0.05) is 67.0 Å². The van der Waals surface area contributed by atoms with Crippen molar-refractivity contribution in [1.82, 2.24) is 0 Å². The van der Waals surface area contributed by atoms with Gasteiger partial charge in [-0.05, 0) is 51.0 Å². The predicted molar refractivity (Wildman–Crippen MR) is 94.3 cm³/mol. The molecule has 2 heteroatoms. The van der Waals surface area contributed by atoms with Crippen LogP contribution in [0.4, 0.5) is 0 Å². The minimum atomic E-state index is 0. The van der Waals surface area contributed by atoms with Gasteiger partial charge in [-0.3, -0.25) is 0 Å². The summed E-state index contributed by atoms with van der Waals surface area (Å²) in [6.07, 6.45) is 16.3. The van der Waals surface area contributed by atoms with E-state index in [9.17, 15) is 0 Å². The van der Waals surface area contributed by atoms with Crippen LogP contribution in [0.3, 0.4) is 0 Å². The number of hydrogen-bond acceptors (Lipinski definition) is 1. The largest absolute Gasteiger partial charge is 1.00 e. The van der Waals surface area contributed by atoms with E-state index in [1.165, 1.54) is 36.0 Å². The van der Waals surface area contributed by atoms with Gasteiger partial charge in [0.2, 0.25) is 0 Å². The van der Waals surface area contributed by atoms with Crippen molar-refractivity contribution in [2.75, 3.05) is 6.61 Å². The molecule has 0 spiro atoms. The molecule has 0 saturated carbocycles. The molecule has 1 aliphatic rings. The summed E-state index contributed by atoms with van der Waals surface area (Å²) in [5.41, 5.74) is 5.66. The zero-order valence-corrected chi connectivity index (χ0v) is 17.2. The van der Waals surface area contributed by atoms with Gasteiger partial charge in [0, 0.05) is 0 Å². The SMILES string of the molecule is CC1=C(/C=C/C(C)=C/C=C/C(C)=C\CO)C(C)(C)CCC1.[H-].[Na+]. The molecule has 0 aliphatic heterocycles. The number of rotatable bonds is 5. The first-order valence-electron chi connectivity index (χ1n) is 7.87. The zero-order valence-electron chi connectivity index (χ0n) is 16.2. The monoisotopic (exact) mass is 310 g/mol. The van der Waals surface area contributed by atoms with Gasteiger partial charge in [0.05, 0.1) is 6.61 Å². The van der Waals surface area contributed by atoms with Crippen LogP contribution >= 0.6 is 0 Å². The smallest absolute Gasteiger partial charge is 1.00 e. The van der Waals surface area contributed by atoms with Crippen molar-refractivity contribution < 1.29 is 36.1 Å². The molecule has 0 saturated heterocycles. The molecule has 1 rings (SSSR count). The molecule has 0 unspecified atom stereocenters. The molecule has 0 aromatic heterocycles. The van der Waals surface area contributed by atoms with E-state index in [1.54, 1.807) is 6.08 Å². The summed E-state index contributed by atoms with van der Waals surface area (Å²) in [6, 6.07) is 0. The van der Waals surface area contributed by atoms with E-state index in [4.69, 9.17) is 5.11 Å². The van der Waals surface area contributed by atoms with Gasteiger partial charge < -0.3 is 6.53 Å². The van der Waals surface area contributed by atoms with E-state index >= 15 is 0 Å². The maximum absolute atomic E-state index is 8.81. The Morgan fingerprint density at radius 2 is 1.91 bits per heavy atom. The molecule has 118 valence electrons. The molecule has 1 nitrogen and oxygen atoms in total. The maximum Gasteiger partial charge on any atom is 1.00 e. The molecular formula is C20H31NaO. The van der Waals surface area contributed by atoms with Crippen LogP contribution in [0.5, 0.6) is 0 Å². The standard InChI is InChI=1S/C20H30O.Na.H/c1-16(8-6-9-17(2)13-15-21)11-12-19-18(3)10-7-14-20(19,4)5;;/h6,8-9,11-13,21H,7,10,14-15H2,1-5H3;;/q;+1;-1/b9-6+,12-11+,16-8+,17-13-;;. The summed E-state index contributed by atoms with van der Waals surface area (Å²) in [7, 11) is 0. The van der Waals surface area contributed by atoms with E-state index in [1.807, 2.05) is 19.1 Å². The van der Waals surface area contributed by atoms with Crippen LogP contribution in [0.25, 0.3) is 0 Å². The Balaban J connectivity index is 0. The van der Waals surface area contributed by atoms with Crippen LogP contribution in [0.1, 0.15) is 55.3 Å². The van der Waals surface area contributed by atoms with Crippen LogP contribution in [0, 0.1) is 5.41 Å². The van der Waals surface area contributed by atoms with Crippen LogP contribution in [0.2, 0.25) is 0 Å². The van der Waals surface area contributed by atoms with Crippen molar-refractivity contribution in [3.8, 4) is 0 Å². The Hall–Kier alpha value is -0.340. The third-order valence-corrected chi connectivity index (χ3v) is 4.19. The second kappa shape index (κ2) is 10.4. The van der Waals surface area contributed by atoms with Gasteiger partial charge in [0.25, 0.3) is 0 Å². The maximum atomic E-state index is 8.81. The third kappa shape index (κ3) is 7.28. The van der Waals surface area contributed by atoms with E-state index < -0.39 is 0 Å². The van der Waals surface area contributed by atoms with Gasteiger partial charge in [0.15, 0.2) is 0 Å². The summed E-state index contributed by atoms with van der Waals surface area (Å²) in [5, 5.41) is 8.81. The Morgan fingerprint density at radius 3 is 2.50 bits per heavy atom. The molecule has 0 aromatic carbocycles. The number of allylic oxidation sites excluding steroid dienone is 9. The number of aliphatic hydroxyl groups excluding tert-OH is 1. The molecule has 0 bridgehead atoms. The fourth-order valence-electron chi connectivity index (χ4n) is 2.84. The fraction of sp³-hybridized carbons (Fsp3) is 0.500. The van der Waals surface area contributed by atoms with E-state index in [2.05, 4.69) is 45.9 Å². The first kappa shape index (κ1) is 21.7. The van der Waals surface area contributed by atoms with E-state index in [0.717, 1.165) is 5.57 Å². The first-order chi connectivity index (χ1) is 9.86. The number of hydrogen-bond donors (Lipinski definition) is 1. The van der Waals surface area contributed by atoms with Gasteiger partial charge in [0.1, 0.15) is 0 Å². The third-order valence-electron chi connectivity index (χ3n) is 4.19. The minimum Gasteiger partial charge on any atom is -1.00 e. The molecule has 0 amide bonds. The molecule has 1 N–H and O–H groups in total. The Morgan fingerprint density at radius 1 is 1.23 bits per heavy atom. The van der Waals surface area contributed by atoms with Gasteiger partial charge in [-0.2, -0.15) is 0 Å². The minimum absolute atomic E-state index is 0. The molecule has 22 heavy (non-hydrogen) atoms. The van der Waals surface area contributed by atoms with Crippen LogP contribution in [-0.2, 0) is 0 Å². The van der Waals surface area contributed by atoms with Gasteiger partial charge >= 0.3 is 29.6 Å². The molecule has 0 aromatic rings. The molecular weight excluding hydrogens is 279 g/mol. The Labute approximate surface area is 160 Å². The summed E-state index contributed by atoms with van der Waals surface area (Å²) >= 11 is 0. The average molecular weight is 310 g/mol. The van der Waals surface area contributed by atoms with Crippen molar-refractivity contribution in [1.29, 1.82) is 0 Å². The van der Waals surface area contributed by atoms with Crippen molar-refractivity contribution in [3.05, 3.63) is 58.7 Å². The topological polar surface area (TPSA) is 20.2 Å². The van der Waals surface area contributed by atoms with E-state index in [-0.39, 0.29) is 37.6 Å². The van der Waals surface area contributed by atoms with Gasteiger partial charge in [-0.25, -0.2) is 0 Å². The zero-order chi connectivity index (χ0) is 15.9. The van der Waals surface area contributed by atoms with Crippen molar-refractivity contribution in [2.24, 2.45) is 5.41 Å². The average Bonchev–Trinajstić information content (AvgIpc) is 2.37. The summed E-state index contributed by atoms with van der Waals surface area (Å²) in [5.74, 6) is 0. The molecule has 0 radical (unpaired) electrons. The Kier molecular flexibility index (Phi) is 10.3. The summed E-state index contributed by atoms with van der Waals surface area (Å²) in [6.45, 7) is 11.2. The quantitative estimate of drug-likeness (QED) is 0.611. The molecule has 0 fully saturated rings. The van der Waals surface area contributed by atoms with Crippen molar-refractivity contribution in [3.63, 3.8) is 0 Å². The van der Waals surface area contributed by atoms with Crippen molar-refractivity contribution >= 4 is 0 Å². The number of aliphatic hydroxyl groups is 1. The molecule has 1 aliphatic carbocycles. The second-order valence-corrected chi connectivity index (χ2v) is 6.67. The second-order valence-electron chi connectivity index (χ2n) is 6.67. The van der Waals surface area contributed by atoms with E-state index in [0.29, 0.717) is 5.41 Å². The summed E-state index contributed by atoms with van der Waals surface area (Å²) in [4.78, 5) is 0. The molecule has 0 atom stereocenters. The summed E-state index contributed by atoms with van der Waals surface area (Å²) < 4.78 is 0. The Bertz CT molecular complexity index is 508. The van der Waals surface area contributed by atoms with Crippen molar-refractivity contribution in [2.45, 2.75) is 53.9 Å². The van der Waals surface area contributed by atoms with Gasteiger partial charge in [-0.15, -0.1) is 0 Å². The fourth-order valence-corrected chi connectivity index (χ4v) is 2.84. The normalized spacial score (nSPS) is 19.9. The van der Waals surface area contributed by atoms with Crippen LogP contribution < -0.4 is 29.6 Å². The first-order valence-corrected chi connectivity index (χ1v) is 7.87. The predicted octanol–water partition coefficient (Wildman–Crippen LogP) is 2.63.